The second-order valence-electron chi connectivity index (χ2n) is 7.07. The smallest absolute Gasteiger partial charge is 0.253 e. The average molecular weight is 425 g/mol. The molecule has 2 rings (SSSR count). The van der Waals surface area contributed by atoms with Crippen molar-refractivity contribution in [1.82, 2.24) is 10.2 Å². The number of hydrogen-bond donors (Lipinski definition) is 1. The largest absolute Gasteiger partial charge is 0.340 e. The Morgan fingerprint density at radius 1 is 1.14 bits per heavy atom. The molecular formula is C21H23Cl2FN2O2. The van der Waals surface area contributed by atoms with E-state index in [1.54, 1.807) is 31.3 Å². The molecule has 2 amide bonds. The van der Waals surface area contributed by atoms with Gasteiger partial charge in [0, 0.05) is 24.2 Å². The van der Waals surface area contributed by atoms with Crippen LogP contribution in [-0.4, -0.2) is 29.8 Å². The van der Waals surface area contributed by atoms with E-state index in [0.29, 0.717) is 17.0 Å². The van der Waals surface area contributed by atoms with Gasteiger partial charge >= 0.3 is 0 Å². The predicted octanol–water partition coefficient (Wildman–Crippen LogP) is 4.94. The lowest BCUT2D eigenvalue weighted by molar-refractivity contribution is -0.132. The fraction of sp³-hybridized carbons (Fsp3) is 0.333. The molecule has 0 heterocycles. The standard InChI is InChI=1S/C21H23Cl2FN2O2/c1-13(2)10-19(25-20(27)16-9-8-15(22)11-17(16)23)21(28)26(3)12-14-6-4-5-7-18(14)24/h4-9,11,13,19H,10,12H2,1-3H3,(H,25,27). The van der Waals surface area contributed by atoms with Gasteiger partial charge in [-0.15, -0.1) is 0 Å². The number of likely N-dealkylation sites (N-methyl/N-ethyl adjacent to an activating group) is 1. The molecule has 0 bridgehead atoms. The van der Waals surface area contributed by atoms with Gasteiger partial charge in [-0.05, 0) is 36.6 Å². The van der Waals surface area contributed by atoms with Gasteiger partial charge < -0.3 is 10.2 Å². The molecule has 0 saturated heterocycles. The molecule has 0 fully saturated rings. The summed E-state index contributed by atoms with van der Waals surface area (Å²) in [5, 5.41) is 3.38. The number of hydrogen-bond acceptors (Lipinski definition) is 2. The Morgan fingerprint density at radius 2 is 1.82 bits per heavy atom. The number of nitrogens with zero attached hydrogens (tertiary/aromatic N) is 1. The molecule has 0 aliphatic heterocycles. The number of carbonyl (C=O) groups is 2. The molecule has 28 heavy (non-hydrogen) atoms. The van der Waals surface area contributed by atoms with Crippen LogP contribution in [0.25, 0.3) is 0 Å². The van der Waals surface area contributed by atoms with Gasteiger partial charge in [0.15, 0.2) is 0 Å². The van der Waals surface area contributed by atoms with Gasteiger partial charge in [0.25, 0.3) is 5.91 Å². The summed E-state index contributed by atoms with van der Waals surface area (Å²) in [6, 6.07) is 10.1. The quantitative estimate of drug-likeness (QED) is 0.684. The molecule has 0 aliphatic carbocycles. The molecule has 150 valence electrons. The summed E-state index contributed by atoms with van der Waals surface area (Å²) in [6.45, 7) is 4.02. The zero-order valence-corrected chi connectivity index (χ0v) is 17.5. The van der Waals surface area contributed by atoms with Crippen LogP contribution in [0.5, 0.6) is 0 Å². The molecule has 1 unspecified atom stereocenters. The molecule has 0 spiro atoms. The summed E-state index contributed by atoms with van der Waals surface area (Å²) >= 11 is 12.0. The van der Waals surface area contributed by atoms with Gasteiger partial charge in [0.2, 0.25) is 5.91 Å². The van der Waals surface area contributed by atoms with Gasteiger partial charge in [0.05, 0.1) is 10.6 Å². The van der Waals surface area contributed by atoms with Crippen LogP contribution in [0.2, 0.25) is 10.0 Å². The highest BCUT2D eigenvalue weighted by atomic mass is 35.5. The van der Waals surface area contributed by atoms with E-state index in [1.165, 1.54) is 23.1 Å². The molecular weight excluding hydrogens is 402 g/mol. The van der Waals surface area contributed by atoms with Gasteiger partial charge in [-0.2, -0.15) is 0 Å². The maximum absolute atomic E-state index is 13.9. The first-order chi connectivity index (χ1) is 13.2. The second-order valence-corrected chi connectivity index (χ2v) is 7.91. The van der Waals surface area contributed by atoms with Crippen LogP contribution >= 0.6 is 23.2 Å². The molecule has 0 aromatic heterocycles. The van der Waals surface area contributed by atoms with Crippen molar-refractivity contribution in [1.29, 1.82) is 0 Å². The van der Waals surface area contributed by atoms with Gasteiger partial charge in [0.1, 0.15) is 11.9 Å². The predicted molar refractivity (Wildman–Crippen MR) is 110 cm³/mol. The number of benzene rings is 2. The van der Waals surface area contributed by atoms with E-state index >= 15 is 0 Å². The average Bonchev–Trinajstić information content (AvgIpc) is 2.61. The highest BCUT2D eigenvalue weighted by Gasteiger charge is 2.26. The van der Waals surface area contributed by atoms with Crippen molar-refractivity contribution >= 4 is 35.0 Å². The summed E-state index contributed by atoms with van der Waals surface area (Å²) < 4.78 is 13.9. The lowest BCUT2D eigenvalue weighted by Gasteiger charge is -2.26. The molecule has 1 atom stereocenters. The first-order valence-electron chi connectivity index (χ1n) is 8.93. The van der Waals surface area contributed by atoms with E-state index in [4.69, 9.17) is 23.2 Å². The monoisotopic (exact) mass is 424 g/mol. The molecule has 7 heteroatoms. The van der Waals surface area contributed by atoms with E-state index < -0.39 is 11.9 Å². The number of halogens is 3. The van der Waals surface area contributed by atoms with Crippen molar-refractivity contribution < 1.29 is 14.0 Å². The molecule has 2 aromatic carbocycles. The maximum atomic E-state index is 13.9. The minimum atomic E-state index is -0.754. The fourth-order valence-corrected chi connectivity index (χ4v) is 3.32. The molecule has 4 nitrogen and oxygen atoms in total. The lowest BCUT2D eigenvalue weighted by atomic mass is 10.0. The van der Waals surface area contributed by atoms with Crippen molar-refractivity contribution in [3.63, 3.8) is 0 Å². The minimum Gasteiger partial charge on any atom is -0.340 e. The zero-order valence-electron chi connectivity index (χ0n) is 16.0. The normalized spacial score (nSPS) is 12.0. The summed E-state index contributed by atoms with van der Waals surface area (Å²) in [4.78, 5) is 27.0. The first kappa shape index (κ1) is 22.2. The Morgan fingerprint density at radius 3 is 2.43 bits per heavy atom. The van der Waals surface area contributed by atoms with Gasteiger partial charge in [-0.25, -0.2) is 4.39 Å². The third kappa shape index (κ3) is 5.94. The molecule has 0 radical (unpaired) electrons. The summed E-state index contributed by atoms with van der Waals surface area (Å²) in [5.74, 6) is -0.966. The van der Waals surface area contributed by atoms with Gasteiger partial charge in [-0.1, -0.05) is 55.2 Å². The fourth-order valence-electron chi connectivity index (χ4n) is 2.83. The lowest BCUT2D eigenvalue weighted by Crippen LogP contribution is -2.47. The van der Waals surface area contributed by atoms with Crippen molar-refractivity contribution in [2.24, 2.45) is 5.92 Å². The minimum absolute atomic E-state index is 0.109. The van der Waals surface area contributed by atoms with Crippen LogP contribution in [-0.2, 0) is 11.3 Å². The molecule has 1 N–H and O–H groups in total. The van der Waals surface area contributed by atoms with Crippen LogP contribution in [0, 0.1) is 11.7 Å². The van der Waals surface area contributed by atoms with E-state index in [1.807, 2.05) is 13.8 Å². The SMILES string of the molecule is CC(C)CC(NC(=O)c1ccc(Cl)cc1Cl)C(=O)N(C)Cc1ccccc1F. The van der Waals surface area contributed by atoms with Crippen molar-refractivity contribution in [2.45, 2.75) is 32.9 Å². The summed E-state index contributed by atoms with van der Waals surface area (Å²) in [6.07, 6.45) is 0.442. The highest BCUT2D eigenvalue weighted by molar-refractivity contribution is 6.36. The van der Waals surface area contributed by atoms with Crippen LogP contribution in [0.3, 0.4) is 0 Å². The Bertz CT molecular complexity index is 858. The van der Waals surface area contributed by atoms with Crippen LogP contribution < -0.4 is 5.32 Å². The third-order valence-corrected chi connectivity index (χ3v) is 4.78. The summed E-state index contributed by atoms with van der Waals surface area (Å²) in [5.41, 5.74) is 0.651. The van der Waals surface area contributed by atoms with Crippen molar-refractivity contribution in [3.05, 3.63) is 69.5 Å². The van der Waals surface area contributed by atoms with Crippen LogP contribution in [0.1, 0.15) is 36.2 Å². The number of rotatable bonds is 7. The van der Waals surface area contributed by atoms with E-state index in [2.05, 4.69) is 5.32 Å². The topological polar surface area (TPSA) is 49.4 Å². The van der Waals surface area contributed by atoms with E-state index in [9.17, 15) is 14.0 Å². The van der Waals surface area contributed by atoms with E-state index in [0.717, 1.165) is 0 Å². The molecule has 2 aromatic rings. The first-order valence-corrected chi connectivity index (χ1v) is 9.69. The highest BCUT2D eigenvalue weighted by Crippen LogP contribution is 2.21. The Hall–Kier alpha value is -2.11. The zero-order chi connectivity index (χ0) is 20.8. The Balaban J connectivity index is 2.16. The Kier molecular flexibility index (Phi) is 7.84. The number of carbonyl (C=O) groups excluding carboxylic acids is 2. The summed E-state index contributed by atoms with van der Waals surface area (Å²) in [7, 11) is 1.59. The number of nitrogens with one attached hydrogen (secondary N) is 1. The van der Waals surface area contributed by atoms with Crippen molar-refractivity contribution in [3.8, 4) is 0 Å². The Labute approximate surface area is 174 Å². The third-order valence-electron chi connectivity index (χ3n) is 4.23. The molecule has 0 aliphatic rings. The van der Waals surface area contributed by atoms with Crippen molar-refractivity contribution in [2.75, 3.05) is 7.05 Å². The molecule has 0 saturated carbocycles. The van der Waals surface area contributed by atoms with Crippen LogP contribution in [0.4, 0.5) is 4.39 Å². The number of amides is 2. The van der Waals surface area contributed by atoms with Crippen LogP contribution in [0.15, 0.2) is 42.5 Å². The maximum Gasteiger partial charge on any atom is 0.253 e. The van der Waals surface area contributed by atoms with E-state index in [-0.39, 0.29) is 34.8 Å². The second kappa shape index (κ2) is 9.89. The van der Waals surface area contributed by atoms with Gasteiger partial charge in [-0.3, -0.25) is 9.59 Å².